The number of aromatic amines is 1. The Kier molecular flexibility index (Phi) is 3.43. The van der Waals surface area contributed by atoms with Crippen LogP contribution in [0.4, 0.5) is 4.79 Å². The minimum Gasteiger partial charge on any atom is -0.338 e. The molecule has 6 nitrogen and oxygen atoms in total. The van der Waals surface area contributed by atoms with Gasteiger partial charge in [-0.3, -0.25) is 5.10 Å². The van der Waals surface area contributed by atoms with Crippen molar-refractivity contribution in [3.05, 3.63) is 17.5 Å². The van der Waals surface area contributed by atoms with Crippen molar-refractivity contribution >= 4 is 6.03 Å². The summed E-state index contributed by atoms with van der Waals surface area (Å²) in [5.41, 5.74) is 8.35. The van der Waals surface area contributed by atoms with E-state index in [1.807, 2.05) is 11.1 Å². The molecule has 0 radical (unpaired) electrons. The molecule has 4 N–H and O–H groups in total. The van der Waals surface area contributed by atoms with Crippen LogP contribution in [0.2, 0.25) is 0 Å². The standard InChI is InChI=1S/C15H25N5O/c1-14(2)7-12-11(8-18-19-12)9-20(10-14)13(21)17-6-5-15(16)3-4-15/h8H,3-7,9-10,16H2,1-2H3,(H,17,21)(H,18,19). The fourth-order valence-electron chi connectivity index (χ4n) is 3.02. The van der Waals surface area contributed by atoms with Crippen molar-refractivity contribution in [3.8, 4) is 0 Å². The summed E-state index contributed by atoms with van der Waals surface area (Å²) in [6, 6.07) is 0.00127. The van der Waals surface area contributed by atoms with E-state index in [2.05, 4.69) is 29.4 Å². The maximum atomic E-state index is 12.4. The Labute approximate surface area is 125 Å². The fraction of sp³-hybridized carbons (Fsp3) is 0.733. The van der Waals surface area contributed by atoms with Crippen molar-refractivity contribution in [1.82, 2.24) is 20.4 Å². The van der Waals surface area contributed by atoms with E-state index >= 15 is 0 Å². The summed E-state index contributed by atoms with van der Waals surface area (Å²) in [6.45, 7) is 6.39. The van der Waals surface area contributed by atoms with Gasteiger partial charge in [0.05, 0.1) is 12.7 Å². The molecule has 3 rings (SSSR count). The van der Waals surface area contributed by atoms with Crippen molar-refractivity contribution in [2.24, 2.45) is 11.1 Å². The first-order valence-electron chi connectivity index (χ1n) is 7.70. The highest BCUT2D eigenvalue weighted by Gasteiger charge is 2.37. The number of carbonyl (C=O) groups excluding carboxylic acids is 1. The van der Waals surface area contributed by atoms with Crippen LogP contribution in [0.5, 0.6) is 0 Å². The summed E-state index contributed by atoms with van der Waals surface area (Å²) in [5, 5.41) is 10.2. The Morgan fingerprint density at radius 3 is 3.00 bits per heavy atom. The van der Waals surface area contributed by atoms with E-state index in [-0.39, 0.29) is 17.0 Å². The van der Waals surface area contributed by atoms with Gasteiger partial charge in [-0.05, 0) is 31.1 Å². The molecule has 2 aliphatic rings. The molecule has 0 aromatic carbocycles. The number of nitrogens with two attached hydrogens (primary N) is 1. The van der Waals surface area contributed by atoms with Gasteiger partial charge >= 0.3 is 6.03 Å². The molecule has 1 aliphatic heterocycles. The molecule has 1 saturated carbocycles. The zero-order valence-corrected chi connectivity index (χ0v) is 12.9. The predicted molar refractivity (Wildman–Crippen MR) is 80.7 cm³/mol. The zero-order chi connectivity index (χ0) is 15.1. The van der Waals surface area contributed by atoms with Crippen molar-refractivity contribution in [1.29, 1.82) is 0 Å². The van der Waals surface area contributed by atoms with Crippen molar-refractivity contribution < 1.29 is 4.79 Å². The van der Waals surface area contributed by atoms with Gasteiger partial charge in [0, 0.05) is 29.9 Å². The van der Waals surface area contributed by atoms with E-state index in [0.717, 1.165) is 43.5 Å². The second-order valence-electron chi connectivity index (χ2n) is 7.42. The molecule has 0 spiro atoms. The quantitative estimate of drug-likeness (QED) is 0.786. The summed E-state index contributed by atoms with van der Waals surface area (Å²) in [4.78, 5) is 14.3. The molecule has 1 aromatic rings. The molecule has 116 valence electrons. The molecule has 21 heavy (non-hydrogen) atoms. The van der Waals surface area contributed by atoms with Crippen LogP contribution in [0.25, 0.3) is 0 Å². The SMILES string of the molecule is CC1(C)Cc2[nH]ncc2CN(C(=O)NCCC2(N)CC2)C1. The van der Waals surface area contributed by atoms with Crippen molar-refractivity contribution in [3.63, 3.8) is 0 Å². The second kappa shape index (κ2) is 5.02. The van der Waals surface area contributed by atoms with Crippen LogP contribution >= 0.6 is 0 Å². The first-order chi connectivity index (χ1) is 9.87. The predicted octanol–water partition coefficient (Wildman–Crippen LogP) is 1.38. The molecule has 6 heteroatoms. The number of amides is 2. The number of nitrogens with zero attached hydrogens (tertiary/aromatic N) is 2. The summed E-state index contributed by atoms with van der Waals surface area (Å²) in [6.07, 6.45) is 5.77. The molecular formula is C15H25N5O. The van der Waals surface area contributed by atoms with Crippen LogP contribution in [-0.2, 0) is 13.0 Å². The van der Waals surface area contributed by atoms with Crippen LogP contribution in [-0.4, -0.2) is 39.8 Å². The third-order valence-electron chi connectivity index (χ3n) is 4.52. The Bertz CT molecular complexity index is 532. The third kappa shape index (κ3) is 3.37. The smallest absolute Gasteiger partial charge is 0.317 e. The number of aromatic nitrogens is 2. The number of hydrogen-bond donors (Lipinski definition) is 3. The normalized spacial score (nSPS) is 22.3. The van der Waals surface area contributed by atoms with Crippen molar-refractivity contribution in [2.75, 3.05) is 13.1 Å². The number of nitrogens with one attached hydrogen (secondary N) is 2. The van der Waals surface area contributed by atoms with E-state index in [1.165, 1.54) is 0 Å². The highest BCUT2D eigenvalue weighted by Crippen LogP contribution is 2.35. The molecule has 1 aromatic heterocycles. The lowest BCUT2D eigenvalue weighted by Gasteiger charge is -2.29. The van der Waals surface area contributed by atoms with Crippen LogP contribution < -0.4 is 11.1 Å². The van der Waals surface area contributed by atoms with E-state index in [0.29, 0.717) is 13.1 Å². The van der Waals surface area contributed by atoms with Gasteiger partial charge in [-0.1, -0.05) is 13.8 Å². The van der Waals surface area contributed by atoms with Gasteiger partial charge in [-0.25, -0.2) is 4.79 Å². The number of hydrogen-bond acceptors (Lipinski definition) is 3. The van der Waals surface area contributed by atoms with Gasteiger partial charge in [0.2, 0.25) is 0 Å². The minimum atomic E-state index is -0.0108. The second-order valence-corrected chi connectivity index (χ2v) is 7.42. The summed E-state index contributed by atoms with van der Waals surface area (Å²) < 4.78 is 0. The van der Waals surface area contributed by atoms with Crippen LogP contribution in [0, 0.1) is 5.41 Å². The molecule has 1 aliphatic carbocycles. The maximum absolute atomic E-state index is 12.4. The minimum absolute atomic E-state index is 0.00127. The van der Waals surface area contributed by atoms with E-state index in [1.54, 1.807) is 0 Å². The average molecular weight is 291 g/mol. The van der Waals surface area contributed by atoms with Crippen LogP contribution in [0.3, 0.4) is 0 Å². The van der Waals surface area contributed by atoms with E-state index in [4.69, 9.17) is 5.73 Å². The summed E-state index contributed by atoms with van der Waals surface area (Å²) in [5.74, 6) is 0. The molecule has 0 saturated heterocycles. The largest absolute Gasteiger partial charge is 0.338 e. The van der Waals surface area contributed by atoms with Gasteiger partial charge in [-0.2, -0.15) is 5.10 Å². The van der Waals surface area contributed by atoms with Gasteiger partial charge in [0.15, 0.2) is 0 Å². The van der Waals surface area contributed by atoms with Crippen molar-refractivity contribution in [2.45, 2.75) is 51.6 Å². The number of fused-ring (bicyclic) bond motifs is 1. The van der Waals surface area contributed by atoms with Crippen LogP contribution in [0.1, 0.15) is 44.4 Å². The lowest BCUT2D eigenvalue weighted by atomic mass is 9.88. The lowest BCUT2D eigenvalue weighted by molar-refractivity contribution is 0.168. The third-order valence-corrected chi connectivity index (χ3v) is 4.52. The number of carbonyl (C=O) groups is 1. The maximum Gasteiger partial charge on any atom is 0.317 e. The molecule has 2 amide bonds. The van der Waals surface area contributed by atoms with Gasteiger partial charge in [-0.15, -0.1) is 0 Å². The Balaban J connectivity index is 1.62. The molecule has 0 atom stereocenters. The molecule has 0 unspecified atom stereocenters. The Hall–Kier alpha value is -1.56. The molecule has 0 bridgehead atoms. The van der Waals surface area contributed by atoms with Gasteiger partial charge in [0.1, 0.15) is 0 Å². The molecule has 2 heterocycles. The highest BCUT2D eigenvalue weighted by atomic mass is 16.2. The lowest BCUT2D eigenvalue weighted by Crippen LogP contribution is -2.44. The topological polar surface area (TPSA) is 87.0 Å². The summed E-state index contributed by atoms with van der Waals surface area (Å²) >= 11 is 0. The molecular weight excluding hydrogens is 266 g/mol. The number of rotatable bonds is 3. The highest BCUT2D eigenvalue weighted by molar-refractivity contribution is 5.74. The van der Waals surface area contributed by atoms with E-state index < -0.39 is 0 Å². The van der Waals surface area contributed by atoms with Gasteiger partial charge < -0.3 is 16.0 Å². The van der Waals surface area contributed by atoms with Crippen LogP contribution in [0.15, 0.2) is 6.20 Å². The monoisotopic (exact) mass is 291 g/mol. The zero-order valence-electron chi connectivity index (χ0n) is 12.9. The first-order valence-corrected chi connectivity index (χ1v) is 7.70. The number of urea groups is 1. The fourth-order valence-corrected chi connectivity index (χ4v) is 3.02. The van der Waals surface area contributed by atoms with E-state index in [9.17, 15) is 4.79 Å². The Morgan fingerprint density at radius 2 is 2.29 bits per heavy atom. The summed E-state index contributed by atoms with van der Waals surface area (Å²) in [7, 11) is 0. The number of H-pyrrole nitrogens is 1. The first kappa shape index (κ1) is 14.4. The van der Waals surface area contributed by atoms with Gasteiger partial charge in [0.25, 0.3) is 0 Å². The Morgan fingerprint density at radius 1 is 1.52 bits per heavy atom. The molecule has 1 fully saturated rings. The average Bonchev–Trinajstić information content (AvgIpc) is 3.01.